The Morgan fingerprint density at radius 3 is 2.52 bits per heavy atom. The van der Waals surface area contributed by atoms with Crippen LogP contribution in [0.1, 0.15) is 47.3 Å². The fraction of sp³-hybridized carbons (Fsp3) is 0.421. The van der Waals surface area contributed by atoms with E-state index in [2.05, 4.69) is 4.98 Å². The lowest BCUT2D eigenvalue weighted by Crippen LogP contribution is -2.43. The number of nitrogens with zero attached hydrogens (tertiary/aromatic N) is 1. The fourth-order valence-electron chi connectivity index (χ4n) is 3.40. The van der Waals surface area contributed by atoms with Gasteiger partial charge in [0.25, 0.3) is 5.91 Å². The first-order valence-corrected chi connectivity index (χ1v) is 8.27. The van der Waals surface area contributed by atoms with Crippen molar-refractivity contribution in [3.05, 3.63) is 59.4 Å². The van der Waals surface area contributed by atoms with E-state index >= 15 is 0 Å². The van der Waals surface area contributed by atoms with Crippen molar-refractivity contribution in [1.82, 2.24) is 9.88 Å². The van der Waals surface area contributed by atoms with Gasteiger partial charge in [0.15, 0.2) is 0 Å². The molecule has 1 saturated carbocycles. The maximum atomic E-state index is 13.0. The van der Waals surface area contributed by atoms with Crippen molar-refractivity contribution in [1.29, 1.82) is 0 Å². The number of aromatic amines is 1. The third-order valence-electron chi connectivity index (χ3n) is 4.71. The molecule has 122 valence electrons. The molecule has 0 spiro atoms. The van der Waals surface area contributed by atoms with Crippen LogP contribution in [0.25, 0.3) is 0 Å². The van der Waals surface area contributed by atoms with Crippen LogP contribution in [0.3, 0.4) is 0 Å². The van der Waals surface area contributed by atoms with Gasteiger partial charge in [0, 0.05) is 18.4 Å². The monoisotopic (exact) mass is 312 g/mol. The lowest BCUT2D eigenvalue weighted by molar-refractivity contribution is 0.00783. The average Bonchev–Trinajstić information content (AvgIpc) is 3.16. The van der Waals surface area contributed by atoms with E-state index in [-0.39, 0.29) is 5.91 Å². The quantitative estimate of drug-likeness (QED) is 0.890. The van der Waals surface area contributed by atoms with Gasteiger partial charge in [-0.15, -0.1) is 0 Å². The molecule has 0 radical (unpaired) electrons. The highest BCUT2D eigenvalue weighted by molar-refractivity contribution is 5.95. The maximum absolute atomic E-state index is 13.0. The van der Waals surface area contributed by atoms with Crippen molar-refractivity contribution >= 4 is 5.91 Å². The highest BCUT2D eigenvalue weighted by atomic mass is 16.3. The molecule has 2 aromatic rings. The number of aliphatic hydroxyl groups is 1. The predicted octanol–water partition coefficient (Wildman–Crippen LogP) is 3.27. The zero-order valence-electron chi connectivity index (χ0n) is 13.6. The van der Waals surface area contributed by atoms with Gasteiger partial charge in [-0.2, -0.15) is 0 Å². The number of carbonyl (C=O) groups is 1. The van der Waals surface area contributed by atoms with Crippen LogP contribution >= 0.6 is 0 Å². The van der Waals surface area contributed by atoms with Crippen LogP contribution in [0.2, 0.25) is 0 Å². The third-order valence-corrected chi connectivity index (χ3v) is 4.71. The smallest absolute Gasteiger partial charge is 0.256 e. The van der Waals surface area contributed by atoms with Crippen molar-refractivity contribution in [3.63, 3.8) is 0 Å². The minimum absolute atomic E-state index is 0.0204. The van der Waals surface area contributed by atoms with Crippen molar-refractivity contribution in [3.8, 4) is 0 Å². The molecule has 1 aliphatic carbocycles. The van der Waals surface area contributed by atoms with Gasteiger partial charge in [0.05, 0.1) is 17.7 Å². The predicted molar refractivity (Wildman–Crippen MR) is 90.1 cm³/mol. The molecule has 1 fully saturated rings. The first kappa shape index (κ1) is 15.8. The number of amides is 1. The van der Waals surface area contributed by atoms with Gasteiger partial charge in [-0.1, -0.05) is 43.2 Å². The Balaban J connectivity index is 1.83. The largest absolute Gasteiger partial charge is 0.388 e. The zero-order valence-corrected chi connectivity index (χ0v) is 13.6. The Bertz CT molecular complexity index is 657. The molecule has 4 nitrogen and oxygen atoms in total. The molecule has 1 aromatic carbocycles. The first-order valence-electron chi connectivity index (χ1n) is 8.27. The highest BCUT2D eigenvalue weighted by Crippen LogP contribution is 2.31. The Morgan fingerprint density at radius 2 is 1.91 bits per heavy atom. The van der Waals surface area contributed by atoms with Gasteiger partial charge < -0.3 is 15.0 Å². The molecule has 0 bridgehead atoms. The summed E-state index contributed by atoms with van der Waals surface area (Å²) in [5.41, 5.74) is 1.89. The van der Waals surface area contributed by atoms with Gasteiger partial charge in [-0.25, -0.2) is 0 Å². The van der Waals surface area contributed by atoms with E-state index in [1.807, 2.05) is 43.3 Å². The molecule has 1 amide bonds. The molecule has 0 unspecified atom stereocenters. The van der Waals surface area contributed by atoms with Crippen LogP contribution < -0.4 is 0 Å². The Morgan fingerprint density at radius 1 is 1.22 bits per heavy atom. The first-order chi connectivity index (χ1) is 11.1. The summed E-state index contributed by atoms with van der Waals surface area (Å²) in [6.45, 7) is 2.82. The van der Waals surface area contributed by atoms with Gasteiger partial charge in [0.1, 0.15) is 0 Å². The summed E-state index contributed by atoms with van der Waals surface area (Å²) in [5, 5.41) is 10.8. The number of aryl methyl sites for hydroxylation is 1. The van der Waals surface area contributed by atoms with Gasteiger partial charge >= 0.3 is 0 Å². The van der Waals surface area contributed by atoms with Crippen LogP contribution in [0.5, 0.6) is 0 Å². The van der Waals surface area contributed by atoms with E-state index < -0.39 is 5.60 Å². The molecular formula is C19H24N2O2. The lowest BCUT2D eigenvalue weighted by Gasteiger charge is -2.31. The molecule has 3 rings (SSSR count). The third kappa shape index (κ3) is 3.64. The summed E-state index contributed by atoms with van der Waals surface area (Å²) in [6, 6.07) is 11.8. The zero-order chi connectivity index (χ0) is 16.3. The number of hydrogen-bond acceptors (Lipinski definition) is 2. The minimum atomic E-state index is -0.741. The summed E-state index contributed by atoms with van der Waals surface area (Å²) in [4.78, 5) is 17.8. The topological polar surface area (TPSA) is 56.3 Å². The summed E-state index contributed by atoms with van der Waals surface area (Å²) in [5.74, 6) is -0.0204. The molecule has 0 aliphatic heterocycles. The molecule has 2 N–H and O–H groups in total. The van der Waals surface area contributed by atoms with E-state index in [4.69, 9.17) is 0 Å². The standard InChI is InChI=1S/C19H24N2O2/c1-15-17(9-12-20-15)18(22)21(13-16-7-3-2-4-8-16)14-19(23)10-5-6-11-19/h2-4,7-9,12,20,23H,5-6,10-11,13-14H2,1H3. The second kappa shape index (κ2) is 6.59. The summed E-state index contributed by atoms with van der Waals surface area (Å²) >= 11 is 0. The second-order valence-corrected chi connectivity index (χ2v) is 6.59. The van der Waals surface area contributed by atoms with E-state index in [0.29, 0.717) is 18.7 Å². The number of carbonyl (C=O) groups excluding carboxylic acids is 1. The molecule has 4 heteroatoms. The molecule has 0 saturated heterocycles. The number of hydrogen-bond donors (Lipinski definition) is 2. The summed E-state index contributed by atoms with van der Waals surface area (Å²) < 4.78 is 0. The molecule has 23 heavy (non-hydrogen) atoms. The van der Waals surface area contributed by atoms with Crippen LogP contribution in [-0.2, 0) is 6.54 Å². The van der Waals surface area contributed by atoms with Crippen LogP contribution in [0.15, 0.2) is 42.6 Å². The minimum Gasteiger partial charge on any atom is -0.388 e. The van der Waals surface area contributed by atoms with Crippen LogP contribution in [0, 0.1) is 6.92 Å². The summed E-state index contributed by atoms with van der Waals surface area (Å²) in [7, 11) is 0. The van der Waals surface area contributed by atoms with Crippen LogP contribution in [-0.4, -0.2) is 33.0 Å². The number of nitrogens with one attached hydrogen (secondary N) is 1. The lowest BCUT2D eigenvalue weighted by atomic mass is 10.0. The normalized spacial score (nSPS) is 16.4. The number of rotatable bonds is 5. The Kier molecular flexibility index (Phi) is 4.53. The SMILES string of the molecule is Cc1[nH]ccc1C(=O)N(Cc1ccccc1)CC1(O)CCCC1. The van der Waals surface area contributed by atoms with Gasteiger partial charge in [-0.05, 0) is 31.4 Å². The number of H-pyrrole nitrogens is 1. The number of aromatic nitrogens is 1. The van der Waals surface area contributed by atoms with Gasteiger partial charge in [0.2, 0.25) is 0 Å². The van der Waals surface area contributed by atoms with Crippen molar-refractivity contribution in [2.75, 3.05) is 6.54 Å². The van der Waals surface area contributed by atoms with E-state index in [0.717, 1.165) is 36.9 Å². The van der Waals surface area contributed by atoms with Crippen molar-refractivity contribution < 1.29 is 9.90 Å². The van der Waals surface area contributed by atoms with E-state index in [1.165, 1.54) is 0 Å². The molecule has 0 atom stereocenters. The van der Waals surface area contributed by atoms with Gasteiger partial charge in [-0.3, -0.25) is 4.79 Å². The molecule has 1 aliphatic rings. The van der Waals surface area contributed by atoms with E-state index in [1.54, 1.807) is 11.1 Å². The molecule has 1 heterocycles. The van der Waals surface area contributed by atoms with Crippen molar-refractivity contribution in [2.24, 2.45) is 0 Å². The number of benzene rings is 1. The highest BCUT2D eigenvalue weighted by Gasteiger charge is 2.35. The Hall–Kier alpha value is -2.07. The average molecular weight is 312 g/mol. The van der Waals surface area contributed by atoms with E-state index in [9.17, 15) is 9.90 Å². The molecule has 1 aromatic heterocycles. The maximum Gasteiger partial charge on any atom is 0.256 e. The second-order valence-electron chi connectivity index (χ2n) is 6.59. The van der Waals surface area contributed by atoms with Crippen molar-refractivity contribution in [2.45, 2.75) is 44.8 Å². The van der Waals surface area contributed by atoms with Crippen LogP contribution in [0.4, 0.5) is 0 Å². The fourth-order valence-corrected chi connectivity index (χ4v) is 3.40. The summed E-state index contributed by atoms with van der Waals surface area (Å²) in [6.07, 6.45) is 5.41. The Labute approximate surface area is 137 Å². The molecular weight excluding hydrogens is 288 g/mol.